The second-order valence-electron chi connectivity index (χ2n) is 14.3. The highest BCUT2D eigenvalue weighted by molar-refractivity contribution is 6.08. The molecule has 10 aromatic rings. The molecule has 0 N–H and O–H groups in total. The van der Waals surface area contributed by atoms with Crippen molar-refractivity contribution in [3.63, 3.8) is 0 Å². The minimum atomic E-state index is 0.679. The Morgan fingerprint density at radius 1 is 0.357 bits per heavy atom. The van der Waals surface area contributed by atoms with Gasteiger partial charge in [0.25, 0.3) is 0 Å². The Kier molecular flexibility index (Phi) is 8.19. The van der Waals surface area contributed by atoms with Crippen LogP contribution in [0.25, 0.3) is 99.9 Å². The van der Waals surface area contributed by atoms with Crippen molar-refractivity contribution in [2.75, 3.05) is 0 Å². The summed E-state index contributed by atoms with van der Waals surface area (Å²) in [4.78, 5) is 24.5. The molecule has 0 unspecified atom stereocenters. The monoisotopic (exact) mass is 717 g/mol. The van der Waals surface area contributed by atoms with E-state index in [1.807, 2.05) is 37.5 Å². The largest absolute Gasteiger partial charge is 0.264 e. The number of aromatic nitrogens is 5. The van der Waals surface area contributed by atoms with Crippen LogP contribution >= 0.6 is 0 Å². The number of hydrogen-bond acceptors (Lipinski definition) is 5. The van der Waals surface area contributed by atoms with Crippen LogP contribution in [0.2, 0.25) is 0 Å². The van der Waals surface area contributed by atoms with Gasteiger partial charge in [0.05, 0.1) is 22.4 Å². The molecule has 4 heterocycles. The van der Waals surface area contributed by atoms with Gasteiger partial charge in [0, 0.05) is 56.6 Å². The molecular formula is C51H35N5. The molecule has 0 fully saturated rings. The van der Waals surface area contributed by atoms with Crippen molar-refractivity contribution in [1.82, 2.24) is 24.9 Å². The Hall–Kier alpha value is -7.37. The zero-order chi connectivity index (χ0) is 37.6. The van der Waals surface area contributed by atoms with Gasteiger partial charge < -0.3 is 0 Å². The third-order valence-electron chi connectivity index (χ3n) is 10.5. The predicted molar refractivity (Wildman–Crippen MR) is 230 cm³/mol. The van der Waals surface area contributed by atoms with E-state index in [-0.39, 0.29) is 0 Å². The van der Waals surface area contributed by atoms with Gasteiger partial charge in [0.15, 0.2) is 5.82 Å². The molecule has 0 amide bonds. The van der Waals surface area contributed by atoms with Gasteiger partial charge in [-0.25, -0.2) is 9.97 Å². The number of pyridine rings is 3. The van der Waals surface area contributed by atoms with E-state index in [2.05, 4.69) is 158 Å². The molecule has 0 radical (unpaired) electrons. The molecule has 5 heteroatoms. The zero-order valence-corrected chi connectivity index (χ0v) is 31.0. The van der Waals surface area contributed by atoms with Crippen LogP contribution in [0.5, 0.6) is 0 Å². The molecule has 0 bridgehead atoms. The fourth-order valence-corrected chi connectivity index (χ4v) is 7.72. The molecule has 5 nitrogen and oxygen atoms in total. The third-order valence-corrected chi connectivity index (χ3v) is 10.5. The van der Waals surface area contributed by atoms with Gasteiger partial charge in [0.1, 0.15) is 0 Å². The fraction of sp³-hybridized carbons (Fsp3) is 0.0392. The molecule has 4 aromatic heterocycles. The van der Waals surface area contributed by atoms with E-state index in [0.29, 0.717) is 5.82 Å². The van der Waals surface area contributed by atoms with Gasteiger partial charge in [-0.05, 0) is 89.0 Å². The summed E-state index contributed by atoms with van der Waals surface area (Å²) in [5.41, 5.74) is 15.4. The highest BCUT2D eigenvalue weighted by atomic mass is 14.9. The summed E-state index contributed by atoms with van der Waals surface area (Å²) < 4.78 is 0. The van der Waals surface area contributed by atoms with Crippen LogP contribution in [-0.4, -0.2) is 24.9 Å². The van der Waals surface area contributed by atoms with E-state index in [0.717, 1.165) is 105 Å². The van der Waals surface area contributed by atoms with Crippen LogP contribution in [-0.2, 0) is 0 Å². The Morgan fingerprint density at radius 2 is 1.04 bits per heavy atom. The van der Waals surface area contributed by atoms with Gasteiger partial charge in [-0.3, -0.25) is 15.0 Å². The van der Waals surface area contributed by atoms with Crippen LogP contribution in [0.4, 0.5) is 0 Å². The fourth-order valence-electron chi connectivity index (χ4n) is 7.72. The SMILES string of the molecule is Cc1ccc2ccc3c(-c4ccc(-c5cccc(-c6cc(-c7ccccc7)nc(-c7cccc(-c8cccc9cnccc89)c7)n6)c5)cc4)cc(C)nc3c2n1. The summed E-state index contributed by atoms with van der Waals surface area (Å²) in [6.07, 6.45) is 3.76. The maximum absolute atomic E-state index is 5.22. The van der Waals surface area contributed by atoms with E-state index in [1.165, 1.54) is 0 Å². The molecule has 0 aliphatic carbocycles. The minimum Gasteiger partial charge on any atom is -0.264 e. The summed E-state index contributed by atoms with van der Waals surface area (Å²) in [5, 5.41) is 4.47. The molecular weight excluding hydrogens is 683 g/mol. The topological polar surface area (TPSA) is 64.5 Å². The first-order chi connectivity index (χ1) is 27.5. The number of fused-ring (bicyclic) bond motifs is 4. The zero-order valence-electron chi connectivity index (χ0n) is 31.0. The number of benzene rings is 6. The lowest BCUT2D eigenvalue weighted by atomic mass is 9.95. The smallest absolute Gasteiger partial charge is 0.160 e. The Morgan fingerprint density at radius 3 is 1.89 bits per heavy atom. The van der Waals surface area contributed by atoms with E-state index < -0.39 is 0 Å². The normalized spacial score (nSPS) is 11.4. The van der Waals surface area contributed by atoms with Gasteiger partial charge in [-0.2, -0.15) is 0 Å². The van der Waals surface area contributed by atoms with Gasteiger partial charge in [0.2, 0.25) is 0 Å². The second kappa shape index (κ2) is 13.8. The first kappa shape index (κ1) is 33.2. The molecule has 0 atom stereocenters. The lowest BCUT2D eigenvalue weighted by Crippen LogP contribution is -1.96. The molecule has 264 valence electrons. The molecule has 0 aliphatic rings. The molecule has 56 heavy (non-hydrogen) atoms. The van der Waals surface area contributed by atoms with E-state index in [4.69, 9.17) is 19.9 Å². The van der Waals surface area contributed by atoms with Crippen molar-refractivity contribution in [1.29, 1.82) is 0 Å². The molecule has 0 saturated heterocycles. The molecule has 6 aromatic carbocycles. The maximum Gasteiger partial charge on any atom is 0.160 e. The Labute approximate surface area is 325 Å². The second-order valence-corrected chi connectivity index (χ2v) is 14.3. The number of aryl methyl sites for hydroxylation is 2. The van der Waals surface area contributed by atoms with Crippen LogP contribution < -0.4 is 0 Å². The highest BCUT2D eigenvalue weighted by Gasteiger charge is 2.15. The van der Waals surface area contributed by atoms with E-state index >= 15 is 0 Å². The molecule has 10 rings (SSSR count). The quantitative estimate of drug-likeness (QED) is 0.160. The third kappa shape index (κ3) is 6.15. The Bertz CT molecular complexity index is 3090. The summed E-state index contributed by atoms with van der Waals surface area (Å²) in [5.74, 6) is 0.679. The van der Waals surface area contributed by atoms with E-state index in [1.54, 1.807) is 0 Å². The number of hydrogen-bond donors (Lipinski definition) is 0. The molecule has 0 spiro atoms. The number of rotatable bonds is 6. The van der Waals surface area contributed by atoms with Crippen molar-refractivity contribution < 1.29 is 0 Å². The van der Waals surface area contributed by atoms with Crippen LogP contribution in [0.15, 0.2) is 176 Å². The van der Waals surface area contributed by atoms with E-state index in [9.17, 15) is 0 Å². The maximum atomic E-state index is 5.22. The molecule has 0 saturated carbocycles. The standard InChI is InChI=1S/C51H35N5/c1-32-17-18-37-23-24-45-46(27-33(2)54-50(45)49(37)53-32)35-21-19-34(20-22-35)38-11-6-13-40(28-38)48-30-47(36-9-4-3-5-10-36)55-51(56-48)41-14-7-12-39(29-41)43-16-8-15-42-31-52-26-25-44(42)43/h3-31H,1-2H3. The summed E-state index contributed by atoms with van der Waals surface area (Å²) in [6, 6.07) is 57.5. The van der Waals surface area contributed by atoms with Crippen molar-refractivity contribution in [3.05, 3.63) is 188 Å². The summed E-state index contributed by atoms with van der Waals surface area (Å²) >= 11 is 0. The predicted octanol–water partition coefficient (Wildman–Crippen LogP) is 12.7. The highest BCUT2D eigenvalue weighted by Crippen LogP contribution is 2.36. The average Bonchev–Trinajstić information content (AvgIpc) is 3.26. The lowest BCUT2D eigenvalue weighted by Gasteiger charge is -2.13. The number of nitrogens with zero attached hydrogens (tertiary/aromatic N) is 5. The summed E-state index contributed by atoms with van der Waals surface area (Å²) in [7, 11) is 0. The van der Waals surface area contributed by atoms with Crippen LogP contribution in [0, 0.1) is 13.8 Å². The summed E-state index contributed by atoms with van der Waals surface area (Å²) in [6.45, 7) is 4.08. The van der Waals surface area contributed by atoms with Gasteiger partial charge in [-0.15, -0.1) is 0 Å². The van der Waals surface area contributed by atoms with Gasteiger partial charge in [-0.1, -0.05) is 127 Å². The van der Waals surface area contributed by atoms with Crippen molar-refractivity contribution >= 4 is 32.6 Å². The van der Waals surface area contributed by atoms with Crippen molar-refractivity contribution in [3.8, 4) is 67.3 Å². The first-order valence-corrected chi connectivity index (χ1v) is 18.8. The minimum absolute atomic E-state index is 0.679. The van der Waals surface area contributed by atoms with Crippen LogP contribution in [0.3, 0.4) is 0 Å². The van der Waals surface area contributed by atoms with Gasteiger partial charge >= 0.3 is 0 Å². The average molecular weight is 718 g/mol. The first-order valence-electron chi connectivity index (χ1n) is 18.8. The Balaban J connectivity index is 1.03. The van der Waals surface area contributed by atoms with Crippen molar-refractivity contribution in [2.24, 2.45) is 0 Å². The lowest BCUT2D eigenvalue weighted by molar-refractivity contribution is 1.18. The van der Waals surface area contributed by atoms with Crippen molar-refractivity contribution in [2.45, 2.75) is 13.8 Å². The molecule has 0 aliphatic heterocycles. The van der Waals surface area contributed by atoms with Crippen LogP contribution in [0.1, 0.15) is 11.4 Å².